The molecule has 0 bridgehead atoms. The van der Waals surface area contributed by atoms with Crippen LogP contribution in [-0.4, -0.2) is 27.6 Å². The summed E-state index contributed by atoms with van der Waals surface area (Å²) in [7, 11) is 0. The molecule has 1 atom stereocenters. The Balaban J connectivity index is 1.45. The number of carboxylic acids is 1. The summed E-state index contributed by atoms with van der Waals surface area (Å²) >= 11 is 0. The molecule has 1 aliphatic rings. The van der Waals surface area contributed by atoms with Gasteiger partial charge in [0.15, 0.2) is 0 Å². The minimum atomic E-state index is -0.925. The van der Waals surface area contributed by atoms with Crippen LogP contribution in [0.1, 0.15) is 42.1 Å². The van der Waals surface area contributed by atoms with Gasteiger partial charge in [0.05, 0.1) is 0 Å². The van der Waals surface area contributed by atoms with Crippen molar-refractivity contribution >= 4 is 22.8 Å². The number of nitrogens with zero attached hydrogens (tertiary/aromatic N) is 1. The average molecular weight is 423 g/mol. The molecule has 0 saturated heterocycles. The van der Waals surface area contributed by atoms with Gasteiger partial charge >= 0.3 is 5.97 Å². The van der Waals surface area contributed by atoms with Crippen LogP contribution in [0.25, 0.3) is 10.9 Å². The Kier molecular flexibility index (Phi) is 6.07. The summed E-state index contributed by atoms with van der Waals surface area (Å²) in [5, 5.41) is 13.2. The number of aryl methyl sites for hydroxylation is 2. The number of nitrogens with one attached hydrogen (secondary N) is 1. The molecule has 1 aliphatic carbocycles. The van der Waals surface area contributed by atoms with E-state index in [-0.39, 0.29) is 24.3 Å². The van der Waals surface area contributed by atoms with E-state index < -0.39 is 5.97 Å². The second kappa shape index (κ2) is 8.92. The molecule has 0 fully saturated rings. The van der Waals surface area contributed by atoms with Crippen LogP contribution >= 0.6 is 0 Å². The maximum absolute atomic E-state index is 13.9. The first-order valence-corrected chi connectivity index (χ1v) is 10.8. The number of carboxylic acid groups (broad SMARTS) is 1. The Morgan fingerprint density at radius 2 is 1.90 bits per heavy atom. The highest BCUT2D eigenvalue weighted by molar-refractivity contribution is 5.87. The van der Waals surface area contributed by atoms with Gasteiger partial charge in [-0.15, -0.1) is 0 Å². The van der Waals surface area contributed by atoms with Crippen molar-refractivity contribution in [2.45, 2.75) is 58.0 Å². The lowest BCUT2D eigenvalue weighted by Crippen LogP contribution is -2.39. The van der Waals surface area contributed by atoms with E-state index in [2.05, 4.69) is 36.5 Å². The van der Waals surface area contributed by atoms with Gasteiger partial charge in [-0.1, -0.05) is 31.2 Å². The zero-order valence-electron chi connectivity index (χ0n) is 17.7. The first-order valence-electron chi connectivity index (χ1n) is 10.8. The summed E-state index contributed by atoms with van der Waals surface area (Å²) in [6.07, 6.45) is 4.09. The summed E-state index contributed by atoms with van der Waals surface area (Å²) in [4.78, 5) is 23.9. The predicted octanol–water partition coefficient (Wildman–Crippen LogP) is 4.03. The Morgan fingerprint density at radius 1 is 1.16 bits per heavy atom. The summed E-state index contributed by atoms with van der Waals surface area (Å²) in [6, 6.07) is 12.8. The fraction of sp³-hybridized carbons (Fsp3) is 0.360. The highest BCUT2D eigenvalue weighted by Gasteiger charge is 2.27. The molecule has 1 amide bonds. The van der Waals surface area contributed by atoms with E-state index in [1.54, 1.807) is 10.6 Å². The Labute approximate surface area is 180 Å². The number of benzene rings is 2. The Hall–Kier alpha value is -3.15. The van der Waals surface area contributed by atoms with Gasteiger partial charge in [-0.05, 0) is 67.0 Å². The van der Waals surface area contributed by atoms with E-state index >= 15 is 0 Å². The molecule has 4 rings (SSSR count). The molecule has 0 saturated carbocycles. The van der Waals surface area contributed by atoms with E-state index in [0.717, 1.165) is 40.6 Å². The van der Waals surface area contributed by atoms with Crippen LogP contribution in [0.5, 0.6) is 0 Å². The van der Waals surface area contributed by atoms with Crippen molar-refractivity contribution in [3.8, 4) is 0 Å². The molecule has 162 valence electrons. The second-order valence-corrected chi connectivity index (χ2v) is 8.24. The lowest BCUT2D eigenvalue weighted by Gasteiger charge is -2.25. The van der Waals surface area contributed by atoms with Crippen molar-refractivity contribution in [2.75, 3.05) is 0 Å². The molecule has 1 aromatic heterocycles. The number of halogens is 1. The number of hydrogen-bond donors (Lipinski definition) is 2. The number of amides is 1. The quantitative estimate of drug-likeness (QED) is 0.604. The standard InChI is InChI=1S/C25H27FN2O3/c1-2-16-3-5-17(6-4-16)7-12-24(29)27-19-9-11-23-21(14-19)20-13-18(26)8-10-22(20)28(23)15-25(30)31/h3-6,8,10,13,19H,2,7,9,11-12,14-15H2,1H3,(H,27,29)(H,30,31). The number of aliphatic carboxylic acids is 1. The van der Waals surface area contributed by atoms with E-state index in [9.17, 15) is 19.1 Å². The Bertz CT molecular complexity index is 1120. The van der Waals surface area contributed by atoms with Crippen LogP contribution in [0.3, 0.4) is 0 Å². The van der Waals surface area contributed by atoms with Crippen LogP contribution in [0.15, 0.2) is 42.5 Å². The van der Waals surface area contributed by atoms with E-state index in [1.807, 2.05) is 0 Å². The average Bonchev–Trinajstić information content (AvgIpc) is 3.04. The molecule has 5 nitrogen and oxygen atoms in total. The van der Waals surface area contributed by atoms with Crippen LogP contribution in [0.2, 0.25) is 0 Å². The number of hydrogen-bond acceptors (Lipinski definition) is 2. The molecule has 0 radical (unpaired) electrons. The first-order chi connectivity index (χ1) is 14.9. The van der Waals surface area contributed by atoms with Gasteiger partial charge in [0, 0.05) is 29.1 Å². The zero-order valence-corrected chi connectivity index (χ0v) is 17.7. The molecule has 3 aromatic rings. The molecule has 31 heavy (non-hydrogen) atoms. The summed E-state index contributed by atoms with van der Waals surface area (Å²) < 4.78 is 15.7. The van der Waals surface area contributed by atoms with Gasteiger partial charge in [0.1, 0.15) is 12.4 Å². The minimum Gasteiger partial charge on any atom is -0.480 e. The van der Waals surface area contributed by atoms with Crippen LogP contribution in [-0.2, 0) is 41.8 Å². The van der Waals surface area contributed by atoms with Gasteiger partial charge in [-0.2, -0.15) is 0 Å². The largest absolute Gasteiger partial charge is 0.480 e. The summed E-state index contributed by atoms with van der Waals surface area (Å²) in [5.74, 6) is -1.26. The third kappa shape index (κ3) is 4.63. The van der Waals surface area contributed by atoms with Crippen LogP contribution < -0.4 is 5.32 Å². The number of carbonyl (C=O) groups excluding carboxylic acids is 1. The fourth-order valence-electron chi connectivity index (χ4n) is 4.56. The zero-order chi connectivity index (χ0) is 22.0. The SMILES string of the molecule is CCc1ccc(CCC(=O)NC2CCc3c(c4cc(F)ccc4n3CC(=O)O)C2)cc1. The maximum Gasteiger partial charge on any atom is 0.323 e. The monoisotopic (exact) mass is 422 g/mol. The number of aromatic nitrogens is 1. The van der Waals surface area contributed by atoms with Crippen LogP contribution in [0.4, 0.5) is 4.39 Å². The van der Waals surface area contributed by atoms with E-state index in [0.29, 0.717) is 25.7 Å². The molecule has 1 unspecified atom stereocenters. The van der Waals surface area contributed by atoms with Crippen molar-refractivity contribution in [3.63, 3.8) is 0 Å². The van der Waals surface area contributed by atoms with Gasteiger partial charge in [0.25, 0.3) is 0 Å². The minimum absolute atomic E-state index is 0.00785. The first kappa shape index (κ1) is 21.1. The topological polar surface area (TPSA) is 71.3 Å². The molecule has 1 heterocycles. The molecule has 2 aromatic carbocycles. The normalized spacial score (nSPS) is 15.6. The maximum atomic E-state index is 13.9. The lowest BCUT2D eigenvalue weighted by atomic mass is 9.91. The number of fused-ring (bicyclic) bond motifs is 3. The summed E-state index contributed by atoms with van der Waals surface area (Å²) in [5.41, 5.74) is 5.04. The third-order valence-electron chi connectivity index (χ3n) is 6.16. The number of rotatable bonds is 7. The number of carbonyl (C=O) groups is 2. The Morgan fingerprint density at radius 3 is 2.61 bits per heavy atom. The fourth-order valence-corrected chi connectivity index (χ4v) is 4.56. The van der Waals surface area contributed by atoms with Crippen LogP contribution in [0, 0.1) is 5.82 Å². The van der Waals surface area contributed by atoms with Crippen molar-refractivity contribution in [1.82, 2.24) is 9.88 Å². The van der Waals surface area contributed by atoms with E-state index in [4.69, 9.17) is 0 Å². The van der Waals surface area contributed by atoms with Crippen molar-refractivity contribution in [2.24, 2.45) is 0 Å². The second-order valence-electron chi connectivity index (χ2n) is 8.24. The highest BCUT2D eigenvalue weighted by atomic mass is 19.1. The van der Waals surface area contributed by atoms with Crippen molar-refractivity contribution in [3.05, 3.63) is 70.7 Å². The molecule has 6 heteroatoms. The molecular weight excluding hydrogens is 395 g/mol. The molecular formula is C25H27FN2O3. The van der Waals surface area contributed by atoms with Gasteiger partial charge in [-0.25, -0.2) is 4.39 Å². The van der Waals surface area contributed by atoms with Gasteiger partial charge < -0.3 is 15.0 Å². The lowest BCUT2D eigenvalue weighted by molar-refractivity contribution is -0.137. The van der Waals surface area contributed by atoms with Crippen molar-refractivity contribution < 1.29 is 19.1 Å². The highest BCUT2D eigenvalue weighted by Crippen LogP contribution is 2.33. The van der Waals surface area contributed by atoms with E-state index in [1.165, 1.54) is 17.7 Å². The summed E-state index contributed by atoms with van der Waals surface area (Å²) in [6.45, 7) is 1.97. The van der Waals surface area contributed by atoms with Crippen molar-refractivity contribution in [1.29, 1.82) is 0 Å². The van der Waals surface area contributed by atoms with Gasteiger partial charge in [-0.3, -0.25) is 9.59 Å². The molecule has 0 aliphatic heterocycles. The van der Waals surface area contributed by atoms with Gasteiger partial charge in [0.2, 0.25) is 5.91 Å². The smallest absolute Gasteiger partial charge is 0.323 e. The molecule has 2 N–H and O–H groups in total. The third-order valence-corrected chi connectivity index (χ3v) is 6.16. The predicted molar refractivity (Wildman–Crippen MR) is 118 cm³/mol. The molecule has 0 spiro atoms.